The van der Waals surface area contributed by atoms with Crippen LogP contribution in [0, 0.1) is 11.6 Å². The standard InChI is InChI=1S/C16H25F2N3O2S.HI/c1-4-19-16(21-12(2)6-8-24(3,22)23)20-7-5-13-9-14(17)11-15(18)10-13;/h9-12H,4-8H2,1-3H3,(H2,19,20,21);1H. The van der Waals surface area contributed by atoms with Crippen molar-refractivity contribution in [3.05, 3.63) is 35.4 Å². The third-order valence-electron chi connectivity index (χ3n) is 3.24. The summed E-state index contributed by atoms with van der Waals surface area (Å²) in [6.07, 6.45) is 2.08. The number of aliphatic imine (C=N–C) groups is 1. The molecule has 0 saturated carbocycles. The highest BCUT2D eigenvalue weighted by Crippen LogP contribution is 2.08. The number of halogens is 3. The van der Waals surface area contributed by atoms with E-state index in [1.54, 1.807) is 0 Å². The molecule has 0 heterocycles. The second-order valence-corrected chi connectivity index (χ2v) is 8.01. The second-order valence-electron chi connectivity index (χ2n) is 5.75. The minimum Gasteiger partial charge on any atom is -0.357 e. The first-order valence-electron chi connectivity index (χ1n) is 7.87. The first-order chi connectivity index (χ1) is 11.2. The summed E-state index contributed by atoms with van der Waals surface area (Å²) in [5.74, 6) is -0.555. The Morgan fingerprint density at radius 3 is 2.36 bits per heavy atom. The van der Waals surface area contributed by atoms with E-state index in [4.69, 9.17) is 0 Å². The number of sulfone groups is 1. The van der Waals surface area contributed by atoms with E-state index in [2.05, 4.69) is 15.6 Å². The Kier molecular flexibility index (Phi) is 11.2. The molecule has 1 atom stereocenters. The van der Waals surface area contributed by atoms with E-state index >= 15 is 0 Å². The fraction of sp³-hybridized carbons (Fsp3) is 0.562. The lowest BCUT2D eigenvalue weighted by Crippen LogP contribution is -2.43. The molecule has 0 saturated heterocycles. The number of hydrogen-bond acceptors (Lipinski definition) is 3. The predicted molar refractivity (Wildman–Crippen MR) is 108 cm³/mol. The Morgan fingerprint density at radius 1 is 1.24 bits per heavy atom. The molecule has 0 aromatic heterocycles. The van der Waals surface area contributed by atoms with Crippen molar-refractivity contribution in [3.63, 3.8) is 0 Å². The molecular weight excluding hydrogens is 463 g/mol. The summed E-state index contributed by atoms with van der Waals surface area (Å²) in [5, 5.41) is 6.19. The summed E-state index contributed by atoms with van der Waals surface area (Å²) in [6, 6.07) is 3.34. The van der Waals surface area contributed by atoms with Crippen molar-refractivity contribution in [2.24, 2.45) is 4.99 Å². The van der Waals surface area contributed by atoms with Crippen molar-refractivity contribution >= 4 is 39.8 Å². The van der Waals surface area contributed by atoms with E-state index in [-0.39, 0.29) is 35.8 Å². The number of rotatable bonds is 8. The fourth-order valence-corrected chi connectivity index (χ4v) is 2.85. The zero-order valence-corrected chi connectivity index (χ0v) is 17.8. The normalized spacial score (nSPS) is 13.1. The zero-order chi connectivity index (χ0) is 18.2. The van der Waals surface area contributed by atoms with Crippen molar-refractivity contribution in [2.75, 3.05) is 25.1 Å². The lowest BCUT2D eigenvalue weighted by atomic mass is 10.1. The van der Waals surface area contributed by atoms with Gasteiger partial charge in [-0.3, -0.25) is 4.99 Å². The number of hydrogen-bond donors (Lipinski definition) is 2. The highest BCUT2D eigenvalue weighted by Gasteiger charge is 2.09. The SMILES string of the molecule is CCNC(=NCCc1cc(F)cc(F)c1)NC(C)CCS(C)(=O)=O.I. The van der Waals surface area contributed by atoms with E-state index in [0.29, 0.717) is 37.5 Å². The Bertz CT molecular complexity index is 649. The number of nitrogens with one attached hydrogen (secondary N) is 2. The fourth-order valence-electron chi connectivity index (χ4n) is 2.07. The van der Waals surface area contributed by atoms with Gasteiger partial charge in [0.25, 0.3) is 0 Å². The van der Waals surface area contributed by atoms with Crippen LogP contribution in [0.25, 0.3) is 0 Å². The Balaban J connectivity index is 0.00000576. The molecule has 0 aliphatic rings. The molecule has 5 nitrogen and oxygen atoms in total. The molecule has 0 fully saturated rings. The van der Waals surface area contributed by atoms with Crippen molar-refractivity contribution in [1.29, 1.82) is 0 Å². The summed E-state index contributed by atoms with van der Waals surface area (Å²) in [4.78, 5) is 4.35. The van der Waals surface area contributed by atoms with E-state index in [1.165, 1.54) is 18.4 Å². The largest absolute Gasteiger partial charge is 0.357 e. The van der Waals surface area contributed by atoms with Gasteiger partial charge in [0.05, 0.1) is 5.75 Å². The molecule has 0 aliphatic heterocycles. The topological polar surface area (TPSA) is 70.6 Å². The molecule has 1 aromatic rings. The van der Waals surface area contributed by atoms with Gasteiger partial charge >= 0.3 is 0 Å². The molecule has 1 unspecified atom stereocenters. The molecule has 1 aromatic carbocycles. The quantitative estimate of drug-likeness (QED) is 0.335. The minimum absolute atomic E-state index is 0. The first-order valence-corrected chi connectivity index (χ1v) is 9.93. The molecule has 0 spiro atoms. The van der Waals surface area contributed by atoms with Crippen LogP contribution >= 0.6 is 24.0 Å². The van der Waals surface area contributed by atoms with Crippen LogP contribution in [0.4, 0.5) is 8.78 Å². The van der Waals surface area contributed by atoms with Crippen LogP contribution in [0.5, 0.6) is 0 Å². The van der Waals surface area contributed by atoms with Crippen LogP contribution < -0.4 is 10.6 Å². The van der Waals surface area contributed by atoms with Gasteiger partial charge in [-0.15, -0.1) is 24.0 Å². The molecule has 25 heavy (non-hydrogen) atoms. The van der Waals surface area contributed by atoms with Gasteiger partial charge in [0, 0.05) is 31.5 Å². The molecule has 0 amide bonds. The molecule has 9 heteroatoms. The van der Waals surface area contributed by atoms with Crippen molar-refractivity contribution in [3.8, 4) is 0 Å². The van der Waals surface area contributed by atoms with E-state index in [9.17, 15) is 17.2 Å². The lowest BCUT2D eigenvalue weighted by Gasteiger charge is -2.17. The van der Waals surface area contributed by atoms with Gasteiger partial charge in [-0.2, -0.15) is 0 Å². The first kappa shape index (κ1) is 24.0. The van der Waals surface area contributed by atoms with Crippen LogP contribution in [0.2, 0.25) is 0 Å². The van der Waals surface area contributed by atoms with Gasteiger partial charge in [-0.1, -0.05) is 0 Å². The third-order valence-corrected chi connectivity index (χ3v) is 4.22. The maximum atomic E-state index is 13.1. The van der Waals surface area contributed by atoms with Crippen LogP contribution in [-0.2, 0) is 16.3 Å². The number of benzene rings is 1. The summed E-state index contributed by atoms with van der Waals surface area (Å²) < 4.78 is 48.7. The predicted octanol–water partition coefficient (Wildman–Crippen LogP) is 2.50. The molecule has 0 bridgehead atoms. The number of nitrogens with zero attached hydrogens (tertiary/aromatic N) is 1. The van der Waals surface area contributed by atoms with Gasteiger partial charge < -0.3 is 10.6 Å². The summed E-state index contributed by atoms with van der Waals surface area (Å²) >= 11 is 0. The third kappa shape index (κ3) is 11.3. The van der Waals surface area contributed by atoms with Gasteiger partial charge in [0.2, 0.25) is 0 Å². The average Bonchev–Trinajstić information content (AvgIpc) is 2.43. The summed E-state index contributed by atoms with van der Waals surface area (Å²) in [7, 11) is -3.00. The molecule has 1 rings (SSSR count). The Hall–Kier alpha value is -0.970. The monoisotopic (exact) mass is 489 g/mol. The lowest BCUT2D eigenvalue weighted by molar-refractivity contribution is 0.578. The Labute approximate surface area is 165 Å². The van der Waals surface area contributed by atoms with E-state index < -0.39 is 21.5 Å². The van der Waals surface area contributed by atoms with Crippen LogP contribution in [0.15, 0.2) is 23.2 Å². The molecule has 2 N–H and O–H groups in total. The molecule has 0 aliphatic carbocycles. The maximum Gasteiger partial charge on any atom is 0.191 e. The van der Waals surface area contributed by atoms with Gasteiger partial charge in [0.1, 0.15) is 21.5 Å². The molecular formula is C16H26F2IN3O2S. The highest BCUT2D eigenvalue weighted by molar-refractivity contribution is 14.0. The zero-order valence-electron chi connectivity index (χ0n) is 14.7. The minimum atomic E-state index is -3.00. The second kappa shape index (κ2) is 11.6. The summed E-state index contributed by atoms with van der Waals surface area (Å²) in [5.41, 5.74) is 0.539. The average molecular weight is 489 g/mol. The van der Waals surface area contributed by atoms with Crippen molar-refractivity contribution in [1.82, 2.24) is 10.6 Å². The van der Waals surface area contributed by atoms with Gasteiger partial charge in [-0.05, 0) is 44.4 Å². The highest BCUT2D eigenvalue weighted by atomic mass is 127. The molecule has 144 valence electrons. The summed E-state index contributed by atoms with van der Waals surface area (Å²) in [6.45, 7) is 4.80. The van der Waals surface area contributed by atoms with E-state index in [0.717, 1.165) is 6.07 Å². The van der Waals surface area contributed by atoms with Crippen LogP contribution in [0.3, 0.4) is 0 Å². The van der Waals surface area contributed by atoms with Crippen molar-refractivity contribution < 1.29 is 17.2 Å². The molecule has 0 radical (unpaired) electrons. The Morgan fingerprint density at radius 2 is 1.84 bits per heavy atom. The van der Waals surface area contributed by atoms with Crippen LogP contribution in [0.1, 0.15) is 25.8 Å². The number of guanidine groups is 1. The smallest absolute Gasteiger partial charge is 0.191 e. The maximum absolute atomic E-state index is 13.1. The van der Waals surface area contributed by atoms with Gasteiger partial charge in [0.15, 0.2) is 5.96 Å². The van der Waals surface area contributed by atoms with Gasteiger partial charge in [-0.25, -0.2) is 17.2 Å². The van der Waals surface area contributed by atoms with E-state index in [1.807, 2.05) is 13.8 Å². The van der Waals surface area contributed by atoms with Crippen LogP contribution in [-0.4, -0.2) is 45.5 Å². The van der Waals surface area contributed by atoms with Crippen molar-refractivity contribution in [2.45, 2.75) is 32.7 Å².